The lowest BCUT2D eigenvalue weighted by atomic mass is 10.1. The average Bonchev–Trinajstić information content (AvgIpc) is 2.75. The predicted molar refractivity (Wildman–Crippen MR) is 59.7 cm³/mol. The molecule has 0 N–H and O–H groups in total. The normalized spacial score (nSPS) is 10.9. The molecule has 0 radical (unpaired) electrons. The molecule has 0 nitrogen and oxygen atoms in total. The third kappa shape index (κ3) is 1.08. The molecular formula is C14H10. The van der Waals surface area contributed by atoms with E-state index in [1.54, 1.807) is 0 Å². The molecule has 0 spiro atoms. The lowest BCUT2D eigenvalue weighted by Crippen LogP contribution is -1.72. The molecule has 3 aliphatic carbocycles. The Morgan fingerprint density at radius 2 is 0.786 bits per heavy atom. The molecule has 3 rings (SSSR count). The molecule has 0 atom stereocenters. The summed E-state index contributed by atoms with van der Waals surface area (Å²) < 4.78 is 0. The molecule has 0 saturated heterocycles. The van der Waals surface area contributed by atoms with Crippen molar-refractivity contribution in [3.05, 3.63) is 60.7 Å². The van der Waals surface area contributed by atoms with Gasteiger partial charge >= 0.3 is 0 Å². The minimum atomic E-state index is 1.30. The maximum atomic E-state index is 2.24. The van der Waals surface area contributed by atoms with Gasteiger partial charge in [0.1, 0.15) is 0 Å². The van der Waals surface area contributed by atoms with Gasteiger partial charge in [-0.15, -0.1) is 0 Å². The van der Waals surface area contributed by atoms with Crippen LogP contribution in [0.25, 0.3) is 22.3 Å². The van der Waals surface area contributed by atoms with Crippen LogP contribution in [0.15, 0.2) is 60.7 Å². The quantitative estimate of drug-likeness (QED) is 0.489. The molecule has 0 heterocycles. The third-order valence-electron chi connectivity index (χ3n) is 2.63. The Bertz CT molecular complexity index is 466. The fourth-order valence-electron chi connectivity index (χ4n) is 1.89. The summed E-state index contributed by atoms with van der Waals surface area (Å²) in [5.41, 5.74) is 5.21. The molecule has 0 heteroatoms. The Labute approximate surface area is 83.5 Å². The summed E-state index contributed by atoms with van der Waals surface area (Å²) in [6, 6.07) is 21.5. The molecule has 0 unspecified atom stereocenters. The predicted octanol–water partition coefficient (Wildman–Crippen LogP) is 3.90. The molecule has 66 valence electrons. The highest BCUT2D eigenvalue weighted by molar-refractivity contribution is 5.74. The Hall–Kier alpha value is -1.82. The van der Waals surface area contributed by atoms with Crippen molar-refractivity contribution in [3.63, 3.8) is 0 Å². The van der Waals surface area contributed by atoms with Crippen molar-refractivity contribution in [2.45, 2.75) is 0 Å². The van der Waals surface area contributed by atoms with Crippen LogP contribution < -0.4 is 0 Å². The lowest BCUT2D eigenvalue weighted by Gasteiger charge is -1.98. The van der Waals surface area contributed by atoms with E-state index in [1.807, 2.05) is 0 Å². The van der Waals surface area contributed by atoms with Crippen molar-refractivity contribution in [1.29, 1.82) is 0 Å². The summed E-state index contributed by atoms with van der Waals surface area (Å²) in [6.07, 6.45) is 0. The number of hydrogen-bond donors (Lipinski definition) is 0. The standard InChI is InChI=1S/C14H10/c1-4-11-6-2-8-13(11)10-14-9-3-7-12(14)5-1/h1-10H. The van der Waals surface area contributed by atoms with Crippen molar-refractivity contribution in [2.75, 3.05) is 0 Å². The van der Waals surface area contributed by atoms with Crippen LogP contribution in [0.1, 0.15) is 0 Å². The van der Waals surface area contributed by atoms with Crippen molar-refractivity contribution in [3.8, 4) is 22.3 Å². The minimum Gasteiger partial charge on any atom is -0.0610 e. The van der Waals surface area contributed by atoms with Gasteiger partial charge in [0.2, 0.25) is 0 Å². The number of fused-ring (bicyclic) bond motifs is 2. The molecule has 0 aliphatic heterocycles. The summed E-state index contributed by atoms with van der Waals surface area (Å²) in [5.74, 6) is 0. The van der Waals surface area contributed by atoms with E-state index in [4.69, 9.17) is 0 Å². The van der Waals surface area contributed by atoms with Crippen molar-refractivity contribution >= 4 is 0 Å². The molecule has 0 bridgehead atoms. The Morgan fingerprint density at radius 1 is 0.429 bits per heavy atom. The molecule has 0 saturated carbocycles. The van der Waals surface area contributed by atoms with Gasteiger partial charge in [-0.2, -0.15) is 0 Å². The first kappa shape index (κ1) is 7.57. The first-order chi connectivity index (χ1) is 6.93. The number of rotatable bonds is 0. The van der Waals surface area contributed by atoms with Crippen LogP contribution in [0.2, 0.25) is 0 Å². The maximum absolute atomic E-state index is 2.24. The molecule has 0 fully saturated rings. The Balaban J connectivity index is 2.37. The van der Waals surface area contributed by atoms with E-state index in [9.17, 15) is 0 Å². The smallest absolute Gasteiger partial charge is 0.0178 e. The van der Waals surface area contributed by atoms with Gasteiger partial charge in [-0.3, -0.25) is 0 Å². The van der Waals surface area contributed by atoms with Gasteiger partial charge in [0, 0.05) is 0 Å². The van der Waals surface area contributed by atoms with E-state index < -0.39 is 0 Å². The highest BCUT2D eigenvalue weighted by Gasteiger charge is 2.02. The second-order valence-corrected chi connectivity index (χ2v) is 3.54. The summed E-state index contributed by atoms with van der Waals surface area (Å²) >= 11 is 0. The highest BCUT2D eigenvalue weighted by atomic mass is 14.1. The zero-order valence-electron chi connectivity index (χ0n) is 7.77. The van der Waals surface area contributed by atoms with E-state index in [0.717, 1.165) is 0 Å². The highest BCUT2D eigenvalue weighted by Crippen LogP contribution is 2.28. The summed E-state index contributed by atoms with van der Waals surface area (Å²) in [4.78, 5) is 0. The molecular weight excluding hydrogens is 168 g/mol. The van der Waals surface area contributed by atoms with E-state index in [-0.39, 0.29) is 0 Å². The van der Waals surface area contributed by atoms with Crippen LogP contribution in [0.5, 0.6) is 0 Å². The minimum absolute atomic E-state index is 1.30. The zero-order valence-corrected chi connectivity index (χ0v) is 7.77. The topological polar surface area (TPSA) is 0 Å². The maximum Gasteiger partial charge on any atom is -0.0178 e. The van der Waals surface area contributed by atoms with Crippen LogP contribution in [0.4, 0.5) is 0 Å². The van der Waals surface area contributed by atoms with Gasteiger partial charge in [0.25, 0.3) is 0 Å². The van der Waals surface area contributed by atoms with Gasteiger partial charge < -0.3 is 0 Å². The first-order valence-electron chi connectivity index (χ1n) is 4.81. The lowest BCUT2D eigenvalue weighted by molar-refractivity contribution is 1.70. The van der Waals surface area contributed by atoms with Crippen LogP contribution in [0, 0.1) is 0 Å². The fourth-order valence-corrected chi connectivity index (χ4v) is 1.89. The Kier molecular flexibility index (Phi) is 1.54. The fraction of sp³-hybridized carbons (Fsp3) is 0. The van der Waals surface area contributed by atoms with Gasteiger partial charge in [-0.1, -0.05) is 54.6 Å². The summed E-state index contributed by atoms with van der Waals surface area (Å²) in [5, 5.41) is 0. The van der Waals surface area contributed by atoms with Crippen LogP contribution >= 0.6 is 0 Å². The Morgan fingerprint density at radius 3 is 1.21 bits per heavy atom. The van der Waals surface area contributed by atoms with Crippen LogP contribution in [0.3, 0.4) is 0 Å². The monoisotopic (exact) mass is 178 g/mol. The molecule has 0 amide bonds. The second-order valence-electron chi connectivity index (χ2n) is 3.54. The van der Waals surface area contributed by atoms with Gasteiger partial charge in [0.15, 0.2) is 0 Å². The molecule has 0 aromatic rings. The van der Waals surface area contributed by atoms with E-state index in [2.05, 4.69) is 60.7 Å². The van der Waals surface area contributed by atoms with Crippen molar-refractivity contribution in [2.24, 2.45) is 0 Å². The third-order valence-corrected chi connectivity index (χ3v) is 2.63. The largest absolute Gasteiger partial charge is 0.0610 e. The van der Waals surface area contributed by atoms with Gasteiger partial charge in [-0.25, -0.2) is 0 Å². The van der Waals surface area contributed by atoms with Crippen LogP contribution in [-0.4, -0.2) is 0 Å². The molecule has 0 aromatic carbocycles. The van der Waals surface area contributed by atoms with Gasteiger partial charge in [-0.05, 0) is 28.3 Å². The zero-order chi connectivity index (χ0) is 9.38. The summed E-state index contributed by atoms with van der Waals surface area (Å²) in [7, 11) is 0. The van der Waals surface area contributed by atoms with E-state index in [0.29, 0.717) is 0 Å². The van der Waals surface area contributed by atoms with Gasteiger partial charge in [0.05, 0.1) is 0 Å². The first-order valence-corrected chi connectivity index (χ1v) is 4.81. The van der Waals surface area contributed by atoms with E-state index in [1.165, 1.54) is 22.3 Å². The summed E-state index contributed by atoms with van der Waals surface area (Å²) in [6.45, 7) is 0. The van der Waals surface area contributed by atoms with Crippen molar-refractivity contribution < 1.29 is 0 Å². The number of hydrogen-bond acceptors (Lipinski definition) is 0. The van der Waals surface area contributed by atoms with Crippen molar-refractivity contribution in [1.82, 2.24) is 0 Å². The van der Waals surface area contributed by atoms with Crippen LogP contribution in [-0.2, 0) is 0 Å². The average molecular weight is 178 g/mol. The molecule has 0 aromatic heterocycles. The van der Waals surface area contributed by atoms with E-state index >= 15 is 0 Å². The molecule has 3 aliphatic rings. The SMILES string of the molecule is c1cc2cccc-2cc2cccc-2c1. The second kappa shape index (κ2) is 2.85. The molecule has 14 heavy (non-hydrogen) atoms.